The molecule has 0 N–H and O–H groups in total. The molecule has 2 aromatic rings. The molecular formula is C14H12O4. The SMILES string of the molecule is C=CCc1c(OC(C)=O)c2ccccc2oc1=O. The molecule has 1 heterocycles. The van der Waals surface area contributed by atoms with Gasteiger partial charge < -0.3 is 9.15 Å². The molecule has 0 atom stereocenters. The smallest absolute Gasteiger partial charge is 0.343 e. The van der Waals surface area contributed by atoms with E-state index < -0.39 is 11.6 Å². The Kier molecular flexibility index (Phi) is 3.28. The highest BCUT2D eigenvalue weighted by atomic mass is 16.5. The van der Waals surface area contributed by atoms with E-state index in [1.165, 1.54) is 6.92 Å². The van der Waals surface area contributed by atoms with E-state index >= 15 is 0 Å². The van der Waals surface area contributed by atoms with Crippen molar-refractivity contribution in [2.75, 3.05) is 0 Å². The number of allylic oxidation sites excluding steroid dienone is 1. The number of fused-ring (bicyclic) bond motifs is 1. The molecule has 0 amide bonds. The normalized spacial score (nSPS) is 10.3. The zero-order valence-corrected chi connectivity index (χ0v) is 9.93. The van der Waals surface area contributed by atoms with Gasteiger partial charge in [0, 0.05) is 13.3 Å². The summed E-state index contributed by atoms with van der Waals surface area (Å²) in [5, 5.41) is 0.601. The molecule has 0 unspecified atom stereocenters. The van der Waals surface area contributed by atoms with Crippen LogP contribution in [0.25, 0.3) is 11.0 Å². The summed E-state index contributed by atoms with van der Waals surface area (Å²) >= 11 is 0. The highest BCUT2D eigenvalue weighted by Gasteiger charge is 2.16. The van der Waals surface area contributed by atoms with Crippen molar-refractivity contribution >= 4 is 16.9 Å². The summed E-state index contributed by atoms with van der Waals surface area (Å²) in [5.74, 6) is -0.217. The van der Waals surface area contributed by atoms with E-state index in [0.29, 0.717) is 16.5 Å². The van der Waals surface area contributed by atoms with Crippen LogP contribution < -0.4 is 10.4 Å². The van der Waals surface area contributed by atoms with Gasteiger partial charge in [0.15, 0.2) is 5.75 Å². The van der Waals surface area contributed by atoms with E-state index in [-0.39, 0.29) is 12.2 Å². The molecule has 0 aliphatic carbocycles. The van der Waals surface area contributed by atoms with E-state index in [9.17, 15) is 9.59 Å². The van der Waals surface area contributed by atoms with Crippen LogP contribution in [0.5, 0.6) is 5.75 Å². The number of ether oxygens (including phenoxy) is 1. The van der Waals surface area contributed by atoms with Crippen molar-refractivity contribution < 1.29 is 13.9 Å². The first-order valence-corrected chi connectivity index (χ1v) is 5.47. The number of carbonyl (C=O) groups excluding carboxylic acids is 1. The summed E-state index contributed by atoms with van der Waals surface area (Å²) in [7, 11) is 0. The Labute approximate surface area is 103 Å². The molecule has 0 aliphatic rings. The number of esters is 1. The van der Waals surface area contributed by atoms with E-state index in [1.807, 2.05) is 0 Å². The summed E-state index contributed by atoms with van der Waals surface area (Å²) in [4.78, 5) is 23.0. The molecule has 18 heavy (non-hydrogen) atoms. The lowest BCUT2D eigenvalue weighted by Gasteiger charge is -2.09. The molecule has 1 aromatic heterocycles. The third-order valence-electron chi connectivity index (χ3n) is 2.45. The van der Waals surface area contributed by atoms with Crippen LogP contribution in [0.3, 0.4) is 0 Å². The molecule has 0 spiro atoms. The predicted octanol–water partition coefficient (Wildman–Crippen LogP) is 2.45. The van der Waals surface area contributed by atoms with Gasteiger partial charge in [0.25, 0.3) is 0 Å². The van der Waals surface area contributed by atoms with Crippen LogP contribution in [-0.4, -0.2) is 5.97 Å². The molecule has 0 fully saturated rings. The van der Waals surface area contributed by atoms with E-state index in [2.05, 4.69) is 6.58 Å². The first-order valence-electron chi connectivity index (χ1n) is 5.47. The molecule has 92 valence electrons. The predicted molar refractivity (Wildman–Crippen MR) is 67.7 cm³/mol. The molecule has 0 saturated heterocycles. The van der Waals surface area contributed by atoms with Gasteiger partial charge in [-0.15, -0.1) is 6.58 Å². The third-order valence-corrected chi connectivity index (χ3v) is 2.45. The maximum absolute atomic E-state index is 11.8. The zero-order chi connectivity index (χ0) is 13.1. The summed E-state index contributed by atoms with van der Waals surface area (Å²) in [6, 6.07) is 6.92. The van der Waals surface area contributed by atoms with Crippen molar-refractivity contribution in [1.29, 1.82) is 0 Å². The van der Waals surface area contributed by atoms with Crippen molar-refractivity contribution in [2.45, 2.75) is 13.3 Å². The third kappa shape index (κ3) is 2.18. The van der Waals surface area contributed by atoms with Gasteiger partial charge >= 0.3 is 11.6 Å². The van der Waals surface area contributed by atoms with Crippen molar-refractivity contribution in [2.24, 2.45) is 0 Å². The Balaban J connectivity index is 2.79. The number of hydrogen-bond acceptors (Lipinski definition) is 4. The molecule has 2 rings (SSSR count). The summed E-state index contributed by atoms with van der Waals surface area (Å²) in [6.07, 6.45) is 1.85. The van der Waals surface area contributed by atoms with E-state index in [1.54, 1.807) is 30.3 Å². The molecule has 4 nitrogen and oxygen atoms in total. The fourth-order valence-electron chi connectivity index (χ4n) is 1.74. The summed E-state index contributed by atoms with van der Waals surface area (Å²) < 4.78 is 10.3. The second-order valence-corrected chi connectivity index (χ2v) is 3.78. The van der Waals surface area contributed by atoms with E-state index in [0.717, 1.165) is 0 Å². The molecule has 1 aromatic carbocycles. The van der Waals surface area contributed by atoms with E-state index in [4.69, 9.17) is 9.15 Å². The number of para-hydroxylation sites is 1. The Morgan fingerprint density at radius 3 is 2.83 bits per heavy atom. The number of carbonyl (C=O) groups is 1. The minimum Gasteiger partial charge on any atom is -0.425 e. The van der Waals surface area contributed by atoms with Gasteiger partial charge in [-0.05, 0) is 12.1 Å². The lowest BCUT2D eigenvalue weighted by molar-refractivity contribution is -0.131. The Hall–Kier alpha value is -2.36. The van der Waals surface area contributed by atoms with Crippen LogP contribution in [0.1, 0.15) is 12.5 Å². The van der Waals surface area contributed by atoms with Crippen molar-refractivity contribution in [3.63, 3.8) is 0 Å². The minimum atomic E-state index is -0.509. The zero-order valence-electron chi connectivity index (χ0n) is 9.93. The van der Waals surface area contributed by atoms with Gasteiger partial charge in [-0.2, -0.15) is 0 Å². The van der Waals surface area contributed by atoms with Gasteiger partial charge in [-0.3, -0.25) is 4.79 Å². The Morgan fingerprint density at radius 1 is 1.44 bits per heavy atom. The highest BCUT2D eigenvalue weighted by Crippen LogP contribution is 2.28. The van der Waals surface area contributed by atoms with Crippen molar-refractivity contribution in [3.05, 3.63) is 52.9 Å². The van der Waals surface area contributed by atoms with Gasteiger partial charge in [-0.1, -0.05) is 18.2 Å². The van der Waals surface area contributed by atoms with Crippen LogP contribution in [-0.2, 0) is 11.2 Å². The topological polar surface area (TPSA) is 56.5 Å². The average molecular weight is 244 g/mol. The first kappa shape index (κ1) is 12.1. The molecule has 0 bridgehead atoms. The highest BCUT2D eigenvalue weighted by molar-refractivity contribution is 5.87. The largest absolute Gasteiger partial charge is 0.425 e. The fraction of sp³-hybridized carbons (Fsp3) is 0.143. The standard InChI is InChI=1S/C14H12O4/c1-3-6-11-13(17-9(2)15)10-7-4-5-8-12(10)18-14(11)16/h3-5,7-8H,1,6H2,2H3. The second-order valence-electron chi connectivity index (χ2n) is 3.78. The van der Waals surface area contributed by atoms with Crippen molar-refractivity contribution in [3.8, 4) is 5.75 Å². The molecule has 0 radical (unpaired) electrons. The maximum Gasteiger partial charge on any atom is 0.343 e. The number of rotatable bonds is 3. The van der Waals surface area contributed by atoms with Crippen LogP contribution in [0.4, 0.5) is 0 Å². The quantitative estimate of drug-likeness (QED) is 0.472. The first-order chi connectivity index (χ1) is 8.63. The fourth-order valence-corrected chi connectivity index (χ4v) is 1.74. The van der Waals surface area contributed by atoms with Gasteiger partial charge in [0.1, 0.15) is 5.58 Å². The molecular weight excluding hydrogens is 232 g/mol. The lowest BCUT2D eigenvalue weighted by atomic mass is 10.1. The summed E-state index contributed by atoms with van der Waals surface area (Å²) in [6.45, 7) is 4.87. The van der Waals surface area contributed by atoms with Crippen LogP contribution >= 0.6 is 0 Å². The minimum absolute atomic E-state index is 0.259. The van der Waals surface area contributed by atoms with Gasteiger partial charge in [-0.25, -0.2) is 4.79 Å². The number of hydrogen-bond donors (Lipinski definition) is 0. The Bertz CT molecular complexity index is 667. The van der Waals surface area contributed by atoms with Gasteiger partial charge in [0.2, 0.25) is 0 Å². The monoisotopic (exact) mass is 244 g/mol. The Morgan fingerprint density at radius 2 is 2.17 bits per heavy atom. The maximum atomic E-state index is 11.8. The van der Waals surface area contributed by atoms with Crippen molar-refractivity contribution in [1.82, 2.24) is 0 Å². The molecule has 4 heteroatoms. The van der Waals surface area contributed by atoms with Crippen LogP contribution in [0.2, 0.25) is 0 Å². The number of benzene rings is 1. The summed E-state index contributed by atoms with van der Waals surface area (Å²) in [5.41, 5.74) is 0.190. The molecule has 0 saturated carbocycles. The van der Waals surface area contributed by atoms with Crippen LogP contribution in [0.15, 0.2) is 46.1 Å². The van der Waals surface area contributed by atoms with Crippen LogP contribution in [0, 0.1) is 0 Å². The lowest BCUT2D eigenvalue weighted by Crippen LogP contribution is -2.13. The average Bonchev–Trinajstić information content (AvgIpc) is 2.33. The second kappa shape index (κ2) is 4.87. The van der Waals surface area contributed by atoms with Gasteiger partial charge in [0.05, 0.1) is 10.9 Å². The molecule has 0 aliphatic heterocycles.